The molecule has 0 fully saturated rings. The molecule has 2 aromatic rings. The van der Waals surface area contributed by atoms with Gasteiger partial charge >= 0.3 is 0 Å². The molecule has 0 spiro atoms. The highest BCUT2D eigenvalue weighted by Gasteiger charge is 2.09. The molecular formula is C13H16N4. The number of pyridine rings is 1. The van der Waals surface area contributed by atoms with Crippen LogP contribution in [0.15, 0.2) is 18.3 Å². The van der Waals surface area contributed by atoms with Gasteiger partial charge < -0.3 is 5.32 Å². The first-order valence-corrected chi connectivity index (χ1v) is 5.58. The molecule has 2 heterocycles. The number of hydrogen-bond donors (Lipinski definition) is 1. The Hall–Kier alpha value is -1.97. The van der Waals surface area contributed by atoms with Gasteiger partial charge in [-0.15, -0.1) is 0 Å². The van der Waals surface area contributed by atoms with Crippen molar-refractivity contribution in [3.63, 3.8) is 0 Å². The third-order valence-corrected chi connectivity index (χ3v) is 2.77. The first-order valence-electron chi connectivity index (χ1n) is 5.58. The molecular weight excluding hydrogens is 212 g/mol. The number of rotatable bonds is 2. The minimum absolute atomic E-state index is 0.664. The van der Waals surface area contributed by atoms with Gasteiger partial charge in [0, 0.05) is 24.5 Å². The summed E-state index contributed by atoms with van der Waals surface area (Å²) in [6.45, 7) is 6.00. The van der Waals surface area contributed by atoms with Crippen molar-refractivity contribution in [3.8, 4) is 11.5 Å². The molecule has 2 rings (SSSR count). The van der Waals surface area contributed by atoms with Gasteiger partial charge in [-0.3, -0.25) is 4.98 Å². The van der Waals surface area contributed by atoms with E-state index in [1.165, 1.54) is 0 Å². The molecule has 0 radical (unpaired) electrons. The monoisotopic (exact) mass is 228 g/mol. The Labute approximate surface area is 101 Å². The van der Waals surface area contributed by atoms with Crippen molar-refractivity contribution in [2.75, 3.05) is 12.4 Å². The van der Waals surface area contributed by atoms with Crippen molar-refractivity contribution in [2.24, 2.45) is 0 Å². The van der Waals surface area contributed by atoms with E-state index in [0.717, 1.165) is 28.3 Å². The van der Waals surface area contributed by atoms with Crippen molar-refractivity contribution < 1.29 is 0 Å². The van der Waals surface area contributed by atoms with E-state index in [9.17, 15) is 0 Å². The summed E-state index contributed by atoms with van der Waals surface area (Å²) in [6, 6.07) is 3.96. The van der Waals surface area contributed by atoms with Gasteiger partial charge in [0.1, 0.15) is 11.5 Å². The van der Waals surface area contributed by atoms with Gasteiger partial charge in [-0.05, 0) is 32.4 Å². The van der Waals surface area contributed by atoms with Crippen molar-refractivity contribution in [1.29, 1.82) is 0 Å². The van der Waals surface area contributed by atoms with Crippen LogP contribution in [0.2, 0.25) is 0 Å². The van der Waals surface area contributed by atoms with E-state index >= 15 is 0 Å². The maximum Gasteiger partial charge on any atom is 0.180 e. The SMILES string of the molecule is CNc1nc(-c2ccc(C)cn2)nc(C)c1C. The molecule has 17 heavy (non-hydrogen) atoms. The molecule has 0 amide bonds. The molecule has 4 heteroatoms. The summed E-state index contributed by atoms with van der Waals surface area (Å²) in [5.74, 6) is 1.52. The van der Waals surface area contributed by atoms with Crippen molar-refractivity contribution in [2.45, 2.75) is 20.8 Å². The molecule has 0 saturated heterocycles. The predicted octanol–water partition coefficient (Wildman–Crippen LogP) is 2.51. The summed E-state index contributed by atoms with van der Waals surface area (Å²) in [7, 11) is 1.86. The van der Waals surface area contributed by atoms with Crippen LogP contribution < -0.4 is 5.32 Å². The van der Waals surface area contributed by atoms with E-state index in [1.54, 1.807) is 0 Å². The minimum atomic E-state index is 0.664. The van der Waals surface area contributed by atoms with E-state index in [2.05, 4.69) is 20.3 Å². The minimum Gasteiger partial charge on any atom is -0.373 e. The van der Waals surface area contributed by atoms with Crippen LogP contribution >= 0.6 is 0 Å². The van der Waals surface area contributed by atoms with Gasteiger partial charge in [0.25, 0.3) is 0 Å². The van der Waals surface area contributed by atoms with E-state index in [-0.39, 0.29) is 0 Å². The summed E-state index contributed by atoms with van der Waals surface area (Å²) < 4.78 is 0. The topological polar surface area (TPSA) is 50.7 Å². The van der Waals surface area contributed by atoms with E-state index < -0.39 is 0 Å². The lowest BCUT2D eigenvalue weighted by Crippen LogP contribution is -2.03. The summed E-state index contributed by atoms with van der Waals surface area (Å²) in [5.41, 5.74) is 3.98. The van der Waals surface area contributed by atoms with Gasteiger partial charge in [0.2, 0.25) is 0 Å². The van der Waals surface area contributed by atoms with E-state index in [4.69, 9.17) is 0 Å². The molecule has 0 aliphatic heterocycles. The highest BCUT2D eigenvalue weighted by molar-refractivity contribution is 5.56. The largest absolute Gasteiger partial charge is 0.373 e. The first kappa shape index (κ1) is 11.5. The molecule has 88 valence electrons. The van der Waals surface area contributed by atoms with Crippen LogP contribution in [-0.4, -0.2) is 22.0 Å². The van der Waals surface area contributed by atoms with Crippen molar-refractivity contribution in [3.05, 3.63) is 35.2 Å². The second kappa shape index (κ2) is 4.49. The Balaban J connectivity index is 2.52. The average molecular weight is 228 g/mol. The third-order valence-electron chi connectivity index (χ3n) is 2.77. The summed E-state index contributed by atoms with van der Waals surface area (Å²) in [5, 5.41) is 3.08. The number of anilines is 1. The van der Waals surface area contributed by atoms with Gasteiger partial charge in [-0.1, -0.05) is 6.07 Å². The molecule has 4 nitrogen and oxygen atoms in total. The second-order valence-electron chi connectivity index (χ2n) is 4.08. The fourth-order valence-electron chi connectivity index (χ4n) is 1.59. The molecule has 1 N–H and O–H groups in total. The van der Waals surface area contributed by atoms with Gasteiger partial charge in [-0.2, -0.15) is 0 Å². The molecule has 0 unspecified atom stereocenters. The quantitative estimate of drug-likeness (QED) is 0.858. The maximum atomic E-state index is 4.47. The Morgan fingerprint density at radius 1 is 1.06 bits per heavy atom. The molecule has 0 saturated carbocycles. The highest BCUT2D eigenvalue weighted by Crippen LogP contribution is 2.19. The molecule has 0 aliphatic carbocycles. The van der Waals surface area contributed by atoms with Gasteiger partial charge in [0.15, 0.2) is 5.82 Å². The fourth-order valence-corrected chi connectivity index (χ4v) is 1.59. The normalized spacial score (nSPS) is 10.4. The number of aromatic nitrogens is 3. The van der Waals surface area contributed by atoms with Gasteiger partial charge in [-0.25, -0.2) is 9.97 Å². The van der Waals surface area contributed by atoms with Crippen molar-refractivity contribution in [1.82, 2.24) is 15.0 Å². The Bertz CT molecular complexity index is 532. The van der Waals surface area contributed by atoms with Crippen LogP contribution in [0, 0.1) is 20.8 Å². The standard InChI is InChI=1S/C13H16N4/c1-8-5-6-11(15-7-8)13-16-10(3)9(2)12(14-4)17-13/h5-7H,1-4H3,(H,14,16,17). The Kier molecular flexibility index (Phi) is 3.04. The molecule has 2 aromatic heterocycles. The van der Waals surface area contributed by atoms with Crippen LogP contribution in [-0.2, 0) is 0 Å². The highest BCUT2D eigenvalue weighted by atomic mass is 15.0. The molecule has 0 aliphatic rings. The zero-order chi connectivity index (χ0) is 12.4. The average Bonchev–Trinajstić information content (AvgIpc) is 2.33. The summed E-state index contributed by atoms with van der Waals surface area (Å²) >= 11 is 0. The summed E-state index contributed by atoms with van der Waals surface area (Å²) in [6.07, 6.45) is 1.83. The van der Waals surface area contributed by atoms with Crippen LogP contribution in [0.1, 0.15) is 16.8 Å². The maximum absolute atomic E-state index is 4.47. The molecule has 0 aromatic carbocycles. The number of hydrogen-bond acceptors (Lipinski definition) is 4. The predicted molar refractivity (Wildman–Crippen MR) is 69.0 cm³/mol. The Morgan fingerprint density at radius 3 is 2.41 bits per heavy atom. The van der Waals surface area contributed by atoms with Crippen LogP contribution in [0.5, 0.6) is 0 Å². The lowest BCUT2D eigenvalue weighted by molar-refractivity contribution is 1.05. The second-order valence-corrected chi connectivity index (χ2v) is 4.08. The fraction of sp³-hybridized carbons (Fsp3) is 0.308. The number of nitrogens with one attached hydrogen (secondary N) is 1. The smallest absolute Gasteiger partial charge is 0.180 e. The molecule has 0 bridgehead atoms. The van der Waals surface area contributed by atoms with Crippen LogP contribution in [0.4, 0.5) is 5.82 Å². The van der Waals surface area contributed by atoms with Crippen LogP contribution in [0.3, 0.4) is 0 Å². The third kappa shape index (κ3) is 2.25. The Morgan fingerprint density at radius 2 is 1.82 bits per heavy atom. The van der Waals surface area contributed by atoms with E-state index in [0.29, 0.717) is 5.82 Å². The number of aryl methyl sites for hydroxylation is 2. The number of nitrogens with zero attached hydrogens (tertiary/aromatic N) is 3. The summed E-state index contributed by atoms with van der Waals surface area (Å²) in [4.78, 5) is 13.3. The van der Waals surface area contributed by atoms with Crippen LogP contribution in [0.25, 0.3) is 11.5 Å². The zero-order valence-corrected chi connectivity index (χ0v) is 10.6. The first-order chi connectivity index (χ1) is 8.11. The van der Waals surface area contributed by atoms with E-state index in [1.807, 2.05) is 46.1 Å². The zero-order valence-electron chi connectivity index (χ0n) is 10.6. The van der Waals surface area contributed by atoms with Crippen molar-refractivity contribution >= 4 is 5.82 Å². The lowest BCUT2D eigenvalue weighted by Gasteiger charge is -2.09. The van der Waals surface area contributed by atoms with Gasteiger partial charge in [0.05, 0.1) is 0 Å². The molecule has 0 atom stereocenters. The lowest BCUT2D eigenvalue weighted by atomic mass is 10.2.